The van der Waals surface area contributed by atoms with Crippen molar-refractivity contribution < 1.29 is 9.31 Å². The molecule has 2 N–H and O–H groups in total. The minimum absolute atomic E-state index is 0.0991. The van der Waals surface area contributed by atoms with Crippen molar-refractivity contribution in [3.8, 4) is 0 Å². The highest BCUT2D eigenvalue weighted by Gasteiger charge is 2.27. The van der Waals surface area contributed by atoms with Crippen molar-refractivity contribution in [1.29, 1.82) is 0 Å². The minimum atomic E-state index is -0.822. The number of halogens is 1. The zero-order chi connectivity index (χ0) is 18.7. The lowest BCUT2D eigenvalue weighted by molar-refractivity contribution is -0.384. The number of nitro groups is 1. The van der Waals surface area contributed by atoms with E-state index >= 15 is 0 Å². The molecule has 1 aromatic heterocycles. The third-order valence-electron chi connectivity index (χ3n) is 4.68. The lowest BCUT2D eigenvalue weighted by atomic mass is 10.0. The van der Waals surface area contributed by atoms with Crippen molar-refractivity contribution in [3.05, 3.63) is 46.5 Å². The second kappa shape index (κ2) is 7.55. The Balaban J connectivity index is 1.81. The summed E-state index contributed by atoms with van der Waals surface area (Å²) in [6.45, 7) is 2.72. The molecule has 0 amide bonds. The smallest absolute Gasteiger partial charge is 0.311 e. The Morgan fingerprint density at radius 2 is 2.00 bits per heavy atom. The molecule has 2 unspecified atom stereocenters. The van der Waals surface area contributed by atoms with Gasteiger partial charge in [-0.05, 0) is 50.1 Å². The molecule has 1 aliphatic rings. The molecular weight excluding hydrogens is 337 g/mol. The van der Waals surface area contributed by atoms with Crippen molar-refractivity contribution in [2.24, 2.45) is 0 Å². The van der Waals surface area contributed by atoms with Crippen LogP contribution in [0.1, 0.15) is 19.8 Å². The summed E-state index contributed by atoms with van der Waals surface area (Å²) in [4.78, 5) is 17.0. The van der Waals surface area contributed by atoms with E-state index in [1.54, 1.807) is 13.1 Å². The second-order valence-corrected chi connectivity index (χ2v) is 6.34. The van der Waals surface area contributed by atoms with Crippen molar-refractivity contribution in [3.63, 3.8) is 0 Å². The quantitative estimate of drug-likeness (QED) is 0.618. The number of nitrogens with zero attached hydrogens (tertiary/aromatic N) is 3. The summed E-state index contributed by atoms with van der Waals surface area (Å²) in [6, 6.07) is 10.2. The van der Waals surface area contributed by atoms with Crippen LogP contribution in [0, 0.1) is 10.1 Å². The molecule has 7 nitrogen and oxygen atoms in total. The Labute approximate surface area is 151 Å². The first-order chi connectivity index (χ1) is 12.5. The average molecular weight is 359 g/mol. The molecule has 2 aromatic rings. The highest BCUT2D eigenvalue weighted by atomic mass is 19.1. The molecule has 0 radical (unpaired) electrons. The predicted molar refractivity (Wildman–Crippen MR) is 101 cm³/mol. The molecule has 1 aromatic carbocycles. The van der Waals surface area contributed by atoms with Gasteiger partial charge in [0.1, 0.15) is 12.0 Å². The van der Waals surface area contributed by atoms with Crippen LogP contribution in [0.4, 0.5) is 33.1 Å². The Morgan fingerprint density at radius 1 is 1.27 bits per heavy atom. The van der Waals surface area contributed by atoms with Crippen molar-refractivity contribution in [1.82, 2.24) is 4.98 Å². The summed E-state index contributed by atoms with van der Waals surface area (Å²) < 4.78 is 13.9. The van der Waals surface area contributed by atoms with Crippen LogP contribution in [0.3, 0.4) is 0 Å². The number of benzene rings is 1. The fourth-order valence-corrected chi connectivity index (χ4v) is 3.16. The molecule has 0 aliphatic carbocycles. The molecule has 3 rings (SSSR count). The number of alkyl halides is 1. The van der Waals surface area contributed by atoms with Gasteiger partial charge in [0.15, 0.2) is 0 Å². The van der Waals surface area contributed by atoms with E-state index in [0.29, 0.717) is 17.9 Å². The van der Waals surface area contributed by atoms with E-state index in [9.17, 15) is 14.5 Å². The van der Waals surface area contributed by atoms with Gasteiger partial charge < -0.3 is 15.5 Å². The van der Waals surface area contributed by atoms with Gasteiger partial charge in [-0.15, -0.1) is 0 Å². The Kier molecular flexibility index (Phi) is 5.20. The first-order valence-electron chi connectivity index (χ1n) is 8.60. The first-order valence-corrected chi connectivity index (χ1v) is 8.60. The lowest BCUT2D eigenvalue weighted by Gasteiger charge is -2.37. The zero-order valence-electron chi connectivity index (χ0n) is 14.8. The largest absolute Gasteiger partial charge is 0.373 e. The van der Waals surface area contributed by atoms with E-state index in [0.717, 1.165) is 18.7 Å². The van der Waals surface area contributed by atoms with Gasteiger partial charge in [0.25, 0.3) is 0 Å². The van der Waals surface area contributed by atoms with Gasteiger partial charge >= 0.3 is 5.69 Å². The third-order valence-corrected chi connectivity index (χ3v) is 4.68. The summed E-state index contributed by atoms with van der Waals surface area (Å²) in [5.41, 5.74) is 1.52. The first kappa shape index (κ1) is 17.9. The molecule has 0 spiro atoms. The summed E-state index contributed by atoms with van der Waals surface area (Å²) in [7, 11) is 1.70. The Morgan fingerprint density at radius 3 is 2.65 bits per heavy atom. The van der Waals surface area contributed by atoms with Crippen LogP contribution in [0.15, 0.2) is 36.4 Å². The number of anilines is 4. The number of pyridine rings is 1. The molecule has 1 saturated heterocycles. The van der Waals surface area contributed by atoms with Crippen LogP contribution in [-0.2, 0) is 0 Å². The maximum absolute atomic E-state index is 13.9. The molecule has 0 saturated carbocycles. The van der Waals surface area contributed by atoms with Gasteiger partial charge in [-0.1, -0.05) is 0 Å². The van der Waals surface area contributed by atoms with Gasteiger partial charge in [0.05, 0.1) is 11.0 Å². The fourth-order valence-electron chi connectivity index (χ4n) is 3.16. The summed E-state index contributed by atoms with van der Waals surface area (Å²) >= 11 is 0. The molecule has 138 valence electrons. The number of hydrogen-bond donors (Lipinski definition) is 2. The normalized spacial score (nSPS) is 19.9. The molecule has 1 fully saturated rings. The van der Waals surface area contributed by atoms with Gasteiger partial charge in [-0.3, -0.25) is 10.1 Å². The summed E-state index contributed by atoms with van der Waals surface area (Å²) in [6.07, 6.45) is 0.616. The van der Waals surface area contributed by atoms with E-state index in [1.807, 2.05) is 31.2 Å². The van der Waals surface area contributed by atoms with Gasteiger partial charge in [0.2, 0.25) is 5.82 Å². The van der Waals surface area contributed by atoms with E-state index < -0.39 is 11.1 Å². The van der Waals surface area contributed by atoms with Gasteiger partial charge in [-0.2, -0.15) is 0 Å². The van der Waals surface area contributed by atoms with Crippen LogP contribution in [0.25, 0.3) is 0 Å². The predicted octanol–water partition coefficient (Wildman–Crippen LogP) is 4.10. The van der Waals surface area contributed by atoms with Crippen molar-refractivity contribution >= 4 is 28.7 Å². The summed E-state index contributed by atoms with van der Waals surface area (Å²) in [5, 5.41) is 17.1. The molecule has 8 heteroatoms. The maximum Gasteiger partial charge on any atom is 0.311 e. The molecule has 2 atom stereocenters. The van der Waals surface area contributed by atoms with E-state index in [-0.39, 0.29) is 17.5 Å². The second-order valence-electron chi connectivity index (χ2n) is 6.34. The zero-order valence-corrected chi connectivity index (χ0v) is 14.8. The van der Waals surface area contributed by atoms with Crippen molar-refractivity contribution in [2.45, 2.75) is 32.0 Å². The van der Waals surface area contributed by atoms with Crippen LogP contribution < -0.4 is 15.5 Å². The van der Waals surface area contributed by atoms with Crippen LogP contribution in [0.2, 0.25) is 0 Å². The molecule has 1 aliphatic heterocycles. The maximum atomic E-state index is 13.9. The van der Waals surface area contributed by atoms with E-state index in [4.69, 9.17) is 0 Å². The number of rotatable bonds is 5. The lowest BCUT2D eigenvalue weighted by Crippen LogP contribution is -2.44. The molecular formula is C18H22FN5O2. The Hall–Kier alpha value is -2.90. The van der Waals surface area contributed by atoms with E-state index in [2.05, 4.69) is 20.5 Å². The third kappa shape index (κ3) is 3.68. The molecule has 26 heavy (non-hydrogen) atoms. The van der Waals surface area contributed by atoms with Gasteiger partial charge in [0, 0.05) is 31.0 Å². The van der Waals surface area contributed by atoms with Gasteiger partial charge in [-0.25, -0.2) is 9.37 Å². The summed E-state index contributed by atoms with van der Waals surface area (Å²) in [5.74, 6) is 0.704. The number of piperidine rings is 1. The van der Waals surface area contributed by atoms with Crippen LogP contribution >= 0.6 is 0 Å². The monoisotopic (exact) mass is 359 g/mol. The topological polar surface area (TPSA) is 83.3 Å². The fraction of sp³-hybridized carbons (Fsp3) is 0.389. The van der Waals surface area contributed by atoms with E-state index in [1.165, 1.54) is 6.07 Å². The SMILES string of the molecule is CNc1ccc([N+](=O)[O-])c(Nc2ccc(N3CCCC(F)C3C)cc2)n1. The molecule has 2 heterocycles. The van der Waals surface area contributed by atoms with Crippen LogP contribution in [0.5, 0.6) is 0 Å². The number of hydrogen-bond acceptors (Lipinski definition) is 6. The molecule has 0 bridgehead atoms. The standard InChI is InChI=1S/C18H22FN5O2/c1-12-15(19)4-3-11-23(12)14-7-5-13(6-8-14)21-18-16(24(25)26)9-10-17(20-2)22-18/h5-10,12,15H,3-4,11H2,1-2H3,(H2,20,21,22). The van der Waals surface area contributed by atoms with Crippen molar-refractivity contribution in [2.75, 3.05) is 29.1 Å². The minimum Gasteiger partial charge on any atom is -0.373 e. The highest BCUT2D eigenvalue weighted by Crippen LogP contribution is 2.30. The van der Waals surface area contributed by atoms with Crippen LogP contribution in [-0.4, -0.2) is 35.7 Å². The average Bonchev–Trinajstić information content (AvgIpc) is 2.64. The highest BCUT2D eigenvalue weighted by molar-refractivity contribution is 5.69. The number of nitrogens with one attached hydrogen (secondary N) is 2. The number of aromatic nitrogens is 1. The Bertz CT molecular complexity index is 784.